The molecule has 0 aromatic rings. The van der Waals surface area contributed by atoms with E-state index in [1.807, 2.05) is 7.05 Å². The van der Waals surface area contributed by atoms with E-state index in [4.69, 9.17) is 4.78 Å². The van der Waals surface area contributed by atoms with Crippen LogP contribution in [0.3, 0.4) is 0 Å². The number of rotatable bonds is 4. The SMILES string of the molecule is CCCCCC1CCCN(C)S1(=N)=O. The third-order valence-corrected chi connectivity index (χ3v) is 5.53. The minimum absolute atomic E-state index is 0.118. The van der Waals surface area contributed by atoms with Crippen LogP contribution < -0.4 is 0 Å². The molecule has 0 spiro atoms. The molecule has 1 aliphatic rings. The molecule has 1 heterocycles. The van der Waals surface area contributed by atoms with Crippen LogP contribution in [0, 0.1) is 4.78 Å². The fraction of sp³-hybridized carbons (Fsp3) is 1.00. The molecule has 0 aliphatic carbocycles. The zero-order valence-corrected chi connectivity index (χ0v) is 10.1. The summed E-state index contributed by atoms with van der Waals surface area (Å²) in [5, 5.41) is 0.118. The molecule has 0 amide bonds. The standard InChI is InChI=1S/C10H22N2OS/c1-3-4-5-7-10-8-6-9-12(2)14(10,11)13/h10-11H,3-9H2,1-2H3. The van der Waals surface area contributed by atoms with Crippen LogP contribution in [0.2, 0.25) is 0 Å². The van der Waals surface area contributed by atoms with E-state index in [-0.39, 0.29) is 5.25 Å². The Kier molecular flexibility index (Phi) is 4.38. The second-order valence-corrected chi connectivity index (χ2v) is 6.61. The van der Waals surface area contributed by atoms with Crippen molar-refractivity contribution in [1.82, 2.24) is 4.31 Å². The maximum Gasteiger partial charge on any atom is 0.110 e. The second-order valence-electron chi connectivity index (χ2n) is 4.18. The fourth-order valence-electron chi connectivity index (χ4n) is 2.02. The Morgan fingerprint density at radius 2 is 2.21 bits per heavy atom. The highest BCUT2D eigenvalue weighted by Gasteiger charge is 2.29. The second kappa shape index (κ2) is 5.12. The third-order valence-electron chi connectivity index (χ3n) is 3.04. The predicted octanol–water partition coefficient (Wildman–Crippen LogP) is 2.62. The number of nitrogens with one attached hydrogen (secondary N) is 1. The molecule has 0 saturated carbocycles. The van der Waals surface area contributed by atoms with Gasteiger partial charge in [-0.2, -0.15) is 0 Å². The van der Waals surface area contributed by atoms with Crippen molar-refractivity contribution in [3.63, 3.8) is 0 Å². The summed E-state index contributed by atoms with van der Waals surface area (Å²) in [7, 11) is -0.629. The van der Waals surface area contributed by atoms with E-state index in [0.29, 0.717) is 0 Å². The monoisotopic (exact) mass is 218 g/mol. The molecule has 3 nitrogen and oxygen atoms in total. The van der Waals surface area contributed by atoms with Crippen molar-refractivity contribution in [3.8, 4) is 0 Å². The highest BCUT2D eigenvalue weighted by molar-refractivity contribution is 7.90. The molecule has 1 saturated heterocycles. The molecule has 1 aliphatic heterocycles. The van der Waals surface area contributed by atoms with Crippen molar-refractivity contribution in [2.75, 3.05) is 13.6 Å². The van der Waals surface area contributed by atoms with Crippen LogP contribution in [0.5, 0.6) is 0 Å². The lowest BCUT2D eigenvalue weighted by Gasteiger charge is -2.32. The van der Waals surface area contributed by atoms with Crippen molar-refractivity contribution in [3.05, 3.63) is 0 Å². The van der Waals surface area contributed by atoms with Crippen molar-refractivity contribution in [2.24, 2.45) is 0 Å². The van der Waals surface area contributed by atoms with Crippen molar-refractivity contribution in [1.29, 1.82) is 4.78 Å². The van der Waals surface area contributed by atoms with Gasteiger partial charge >= 0.3 is 0 Å². The number of hydrogen-bond acceptors (Lipinski definition) is 2. The van der Waals surface area contributed by atoms with E-state index in [1.165, 1.54) is 12.8 Å². The average Bonchev–Trinajstić information content (AvgIpc) is 2.13. The minimum atomic E-state index is -2.45. The van der Waals surface area contributed by atoms with Gasteiger partial charge in [-0.3, -0.25) is 0 Å². The Morgan fingerprint density at radius 3 is 2.86 bits per heavy atom. The molecule has 1 fully saturated rings. The normalized spacial score (nSPS) is 34.6. The lowest BCUT2D eigenvalue weighted by Crippen LogP contribution is -2.40. The summed E-state index contributed by atoms with van der Waals surface area (Å²) in [6.45, 7) is 3.00. The fourth-order valence-corrected chi connectivity index (χ4v) is 3.90. The zero-order chi connectivity index (χ0) is 10.6. The lowest BCUT2D eigenvalue weighted by molar-refractivity contribution is 0.427. The van der Waals surface area contributed by atoms with Gasteiger partial charge in [-0.05, 0) is 19.3 Å². The Bertz CT molecular complexity index is 261. The summed E-state index contributed by atoms with van der Waals surface area (Å²) in [6, 6.07) is 0. The van der Waals surface area contributed by atoms with Crippen LogP contribution in [0.25, 0.3) is 0 Å². The Balaban J connectivity index is 2.50. The van der Waals surface area contributed by atoms with Gasteiger partial charge in [0.05, 0.1) is 5.25 Å². The van der Waals surface area contributed by atoms with E-state index in [1.54, 1.807) is 4.31 Å². The van der Waals surface area contributed by atoms with Crippen molar-refractivity contribution < 1.29 is 4.21 Å². The first kappa shape index (κ1) is 12.0. The third kappa shape index (κ3) is 2.70. The van der Waals surface area contributed by atoms with Crippen molar-refractivity contribution >= 4 is 9.92 Å². The number of hydrogen-bond donors (Lipinski definition) is 1. The first-order chi connectivity index (χ1) is 6.59. The van der Waals surface area contributed by atoms with Gasteiger partial charge in [-0.25, -0.2) is 13.3 Å². The summed E-state index contributed by atoms with van der Waals surface area (Å²) >= 11 is 0. The highest BCUT2D eigenvalue weighted by Crippen LogP contribution is 2.24. The molecule has 0 aromatic carbocycles. The molecule has 1 rings (SSSR count). The van der Waals surface area contributed by atoms with E-state index < -0.39 is 9.92 Å². The molecule has 4 heteroatoms. The van der Waals surface area contributed by atoms with Gasteiger partial charge < -0.3 is 0 Å². The minimum Gasteiger partial charge on any atom is -0.240 e. The highest BCUT2D eigenvalue weighted by atomic mass is 32.2. The largest absolute Gasteiger partial charge is 0.240 e. The summed E-state index contributed by atoms with van der Waals surface area (Å²) in [5.41, 5.74) is 0. The van der Waals surface area contributed by atoms with Crippen LogP contribution in [0.4, 0.5) is 0 Å². The van der Waals surface area contributed by atoms with E-state index >= 15 is 0 Å². The van der Waals surface area contributed by atoms with Gasteiger partial charge in [0.1, 0.15) is 9.92 Å². The van der Waals surface area contributed by atoms with E-state index in [0.717, 1.165) is 32.2 Å². The van der Waals surface area contributed by atoms with E-state index in [9.17, 15) is 4.21 Å². The smallest absolute Gasteiger partial charge is 0.110 e. The molecule has 2 atom stereocenters. The molecule has 2 unspecified atom stereocenters. The first-order valence-electron chi connectivity index (χ1n) is 5.58. The summed E-state index contributed by atoms with van der Waals surface area (Å²) < 4.78 is 21.7. The van der Waals surface area contributed by atoms with Gasteiger partial charge in [0.25, 0.3) is 0 Å². The Labute approximate surface area is 88.0 Å². The average molecular weight is 218 g/mol. The Hall–Kier alpha value is -0.0900. The number of unbranched alkanes of at least 4 members (excludes halogenated alkanes) is 2. The van der Waals surface area contributed by atoms with Crippen LogP contribution in [-0.2, 0) is 9.92 Å². The maximum absolute atomic E-state index is 12.1. The Morgan fingerprint density at radius 1 is 1.50 bits per heavy atom. The van der Waals surface area contributed by atoms with Gasteiger partial charge in [-0.15, -0.1) is 0 Å². The molecule has 84 valence electrons. The maximum atomic E-state index is 12.1. The topological polar surface area (TPSA) is 44.2 Å². The van der Waals surface area contributed by atoms with Gasteiger partial charge in [0.2, 0.25) is 0 Å². The quantitative estimate of drug-likeness (QED) is 0.724. The molecule has 0 aromatic heterocycles. The van der Waals surface area contributed by atoms with Crippen LogP contribution >= 0.6 is 0 Å². The van der Waals surface area contributed by atoms with Crippen molar-refractivity contribution in [2.45, 2.75) is 50.7 Å². The van der Waals surface area contributed by atoms with Gasteiger partial charge in [0, 0.05) is 13.6 Å². The number of nitrogens with zero attached hydrogens (tertiary/aromatic N) is 1. The summed E-state index contributed by atoms with van der Waals surface area (Å²) in [4.78, 5) is 0. The van der Waals surface area contributed by atoms with E-state index in [2.05, 4.69) is 6.92 Å². The molecular weight excluding hydrogens is 196 g/mol. The summed E-state index contributed by atoms with van der Waals surface area (Å²) in [6.07, 6.45) is 6.59. The molecule has 1 N–H and O–H groups in total. The molecule has 0 bridgehead atoms. The summed E-state index contributed by atoms with van der Waals surface area (Å²) in [5.74, 6) is 0. The first-order valence-corrected chi connectivity index (χ1v) is 7.15. The van der Waals surface area contributed by atoms with Crippen LogP contribution in [0.15, 0.2) is 0 Å². The molecular formula is C10H22N2OS. The van der Waals surface area contributed by atoms with Crippen LogP contribution in [0.1, 0.15) is 45.4 Å². The van der Waals surface area contributed by atoms with Gasteiger partial charge in [0.15, 0.2) is 0 Å². The predicted molar refractivity (Wildman–Crippen MR) is 60.7 cm³/mol. The molecule has 14 heavy (non-hydrogen) atoms. The lowest BCUT2D eigenvalue weighted by atomic mass is 10.1. The molecule has 0 radical (unpaired) electrons. The van der Waals surface area contributed by atoms with Crippen LogP contribution in [-0.4, -0.2) is 27.4 Å². The van der Waals surface area contributed by atoms with Gasteiger partial charge in [-0.1, -0.05) is 26.2 Å². The zero-order valence-electron chi connectivity index (χ0n) is 9.29.